The lowest BCUT2D eigenvalue weighted by molar-refractivity contribution is 0.102. The van der Waals surface area contributed by atoms with Gasteiger partial charge in [0.05, 0.1) is 4.43 Å². The largest absolute Gasteiger partial charge is 0.293 e. The zero-order valence-electron chi connectivity index (χ0n) is 5.98. The summed E-state index contributed by atoms with van der Waals surface area (Å²) in [4.78, 5) is 11.3. The number of alkyl halides is 1. The van der Waals surface area contributed by atoms with Crippen molar-refractivity contribution in [2.75, 3.05) is 4.43 Å². The molecule has 0 unspecified atom stereocenters. The molecule has 12 heavy (non-hydrogen) atoms. The molecule has 1 aromatic carbocycles. The minimum Gasteiger partial charge on any atom is -0.293 e. The second-order valence-electron chi connectivity index (χ2n) is 2.19. The Morgan fingerprint density at radius 2 is 1.92 bits per heavy atom. The fraction of sp³-hybridized carbons (Fsp3) is 0.125. The minimum absolute atomic E-state index is 0.199. The van der Waals surface area contributed by atoms with Crippen LogP contribution in [0.2, 0.25) is 0 Å². The molecule has 0 aliphatic carbocycles. The minimum atomic E-state index is 0.199. The van der Waals surface area contributed by atoms with Gasteiger partial charge in [-0.15, -0.1) is 0 Å². The predicted molar refractivity (Wildman–Crippen MR) is 75.1 cm³/mol. The summed E-state index contributed by atoms with van der Waals surface area (Å²) < 4.78 is 2.89. The van der Waals surface area contributed by atoms with E-state index in [-0.39, 0.29) is 5.78 Å². The highest BCUT2D eigenvalue weighted by Crippen LogP contribution is 2.17. The number of rotatable bonds is 2. The van der Waals surface area contributed by atoms with E-state index in [1.54, 1.807) is 0 Å². The smallest absolute Gasteiger partial charge is 0.172 e. The van der Waals surface area contributed by atoms with Crippen LogP contribution in [-0.4, -0.2) is 10.2 Å². The summed E-state index contributed by atoms with van der Waals surface area (Å²) in [6, 6.07) is 5.79. The van der Waals surface area contributed by atoms with E-state index in [4.69, 9.17) is 0 Å². The average Bonchev–Trinajstić information content (AvgIpc) is 2.08. The van der Waals surface area contributed by atoms with E-state index in [1.165, 1.54) is 3.57 Å². The van der Waals surface area contributed by atoms with Crippen LogP contribution in [0.25, 0.3) is 0 Å². The van der Waals surface area contributed by atoms with Crippen molar-refractivity contribution < 1.29 is 4.79 Å². The molecule has 0 saturated heterocycles. The summed E-state index contributed by atoms with van der Waals surface area (Å²) in [6.45, 7) is 0. The standard InChI is InChI=1S/C8H5I3O/c9-4-8(12)5-1-2-6(10)7(11)3-5/h1-3H,4H2. The van der Waals surface area contributed by atoms with E-state index in [1.807, 2.05) is 18.2 Å². The molecule has 0 fully saturated rings. The molecule has 0 aromatic heterocycles. The van der Waals surface area contributed by atoms with Crippen LogP contribution < -0.4 is 0 Å². The molecular weight excluding hydrogens is 493 g/mol. The van der Waals surface area contributed by atoms with Crippen LogP contribution in [0, 0.1) is 7.14 Å². The normalized spacial score (nSPS) is 9.92. The van der Waals surface area contributed by atoms with Gasteiger partial charge in [-0.05, 0) is 57.3 Å². The van der Waals surface area contributed by atoms with E-state index in [2.05, 4.69) is 67.8 Å². The Bertz CT molecular complexity index is 309. The lowest BCUT2D eigenvalue weighted by Crippen LogP contribution is -2.00. The Morgan fingerprint density at radius 3 is 2.42 bits per heavy atom. The molecule has 0 aliphatic heterocycles. The summed E-state index contributed by atoms with van der Waals surface area (Å²) in [5.74, 6) is 0.199. The Morgan fingerprint density at radius 1 is 1.25 bits per heavy atom. The number of hydrogen-bond acceptors (Lipinski definition) is 1. The summed E-state index contributed by atoms with van der Waals surface area (Å²) >= 11 is 6.58. The van der Waals surface area contributed by atoms with Crippen LogP contribution in [0.1, 0.15) is 10.4 Å². The number of halogens is 3. The van der Waals surface area contributed by atoms with Crippen molar-refractivity contribution in [2.24, 2.45) is 0 Å². The molecular formula is C8H5I3O. The molecule has 0 bridgehead atoms. The number of benzene rings is 1. The monoisotopic (exact) mass is 498 g/mol. The van der Waals surface area contributed by atoms with E-state index in [9.17, 15) is 4.79 Å². The van der Waals surface area contributed by atoms with Gasteiger partial charge in [0.2, 0.25) is 0 Å². The highest BCUT2D eigenvalue weighted by atomic mass is 127. The summed E-state index contributed by atoms with van der Waals surface area (Å²) in [6.07, 6.45) is 0. The lowest BCUT2D eigenvalue weighted by atomic mass is 10.2. The van der Waals surface area contributed by atoms with Gasteiger partial charge >= 0.3 is 0 Å². The SMILES string of the molecule is O=C(CI)c1ccc(I)c(I)c1. The third-order valence-corrected chi connectivity index (χ3v) is 4.92. The van der Waals surface area contributed by atoms with E-state index in [0.717, 1.165) is 9.13 Å². The highest BCUT2D eigenvalue weighted by Gasteiger charge is 2.05. The van der Waals surface area contributed by atoms with Crippen molar-refractivity contribution in [1.82, 2.24) is 0 Å². The van der Waals surface area contributed by atoms with Gasteiger partial charge in [0.15, 0.2) is 5.78 Å². The van der Waals surface area contributed by atoms with E-state index >= 15 is 0 Å². The Balaban J connectivity index is 3.05. The molecule has 0 radical (unpaired) electrons. The summed E-state index contributed by atoms with van der Waals surface area (Å²) in [5, 5.41) is 0. The van der Waals surface area contributed by atoms with Gasteiger partial charge in [0.25, 0.3) is 0 Å². The van der Waals surface area contributed by atoms with E-state index in [0.29, 0.717) is 4.43 Å². The maximum Gasteiger partial charge on any atom is 0.172 e. The first-order chi connectivity index (χ1) is 5.65. The van der Waals surface area contributed by atoms with Crippen LogP contribution in [0.4, 0.5) is 0 Å². The first kappa shape index (κ1) is 11.2. The van der Waals surface area contributed by atoms with E-state index < -0.39 is 0 Å². The van der Waals surface area contributed by atoms with Crippen LogP contribution in [-0.2, 0) is 0 Å². The first-order valence-electron chi connectivity index (χ1n) is 3.19. The van der Waals surface area contributed by atoms with Crippen molar-refractivity contribution in [1.29, 1.82) is 0 Å². The van der Waals surface area contributed by atoms with Gasteiger partial charge in [-0.1, -0.05) is 28.7 Å². The van der Waals surface area contributed by atoms with Crippen molar-refractivity contribution in [3.05, 3.63) is 30.9 Å². The van der Waals surface area contributed by atoms with Gasteiger partial charge < -0.3 is 0 Å². The predicted octanol–water partition coefficient (Wildman–Crippen LogP) is 3.51. The zero-order chi connectivity index (χ0) is 9.14. The van der Waals surface area contributed by atoms with Crippen molar-refractivity contribution in [2.45, 2.75) is 0 Å². The third-order valence-electron chi connectivity index (χ3n) is 1.36. The molecule has 0 aliphatic rings. The highest BCUT2D eigenvalue weighted by molar-refractivity contribution is 14.1. The Kier molecular flexibility index (Phi) is 4.73. The second-order valence-corrected chi connectivity index (χ2v) is 5.27. The first-order valence-corrected chi connectivity index (χ1v) is 6.87. The van der Waals surface area contributed by atoms with Crippen LogP contribution >= 0.6 is 67.8 Å². The molecule has 0 saturated carbocycles. The van der Waals surface area contributed by atoms with Gasteiger partial charge in [-0.3, -0.25) is 4.79 Å². The number of ketones is 1. The Labute approximate surface area is 112 Å². The van der Waals surface area contributed by atoms with Crippen LogP contribution in [0.5, 0.6) is 0 Å². The molecule has 64 valence electrons. The van der Waals surface area contributed by atoms with Gasteiger partial charge in [0, 0.05) is 12.7 Å². The summed E-state index contributed by atoms with van der Waals surface area (Å²) in [7, 11) is 0. The fourth-order valence-corrected chi connectivity index (χ4v) is 2.04. The second kappa shape index (κ2) is 5.08. The fourth-order valence-electron chi connectivity index (χ4n) is 0.747. The molecule has 0 heterocycles. The molecule has 0 spiro atoms. The average molecular weight is 498 g/mol. The van der Waals surface area contributed by atoms with Gasteiger partial charge in [-0.25, -0.2) is 0 Å². The maximum absolute atomic E-state index is 11.3. The number of carbonyl (C=O) groups is 1. The van der Waals surface area contributed by atoms with Crippen LogP contribution in [0.3, 0.4) is 0 Å². The quantitative estimate of drug-likeness (QED) is 0.347. The lowest BCUT2D eigenvalue weighted by Gasteiger charge is -1.99. The van der Waals surface area contributed by atoms with Crippen molar-refractivity contribution >= 4 is 73.6 Å². The molecule has 1 aromatic rings. The summed E-state index contributed by atoms with van der Waals surface area (Å²) in [5.41, 5.74) is 0.814. The Hall–Kier alpha value is 1.08. The third kappa shape index (κ3) is 2.79. The molecule has 0 N–H and O–H groups in total. The molecule has 4 heteroatoms. The topological polar surface area (TPSA) is 17.1 Å². The number of Topliss-reactive ketones (excluding diaryl/α,β-unsaturated/α-hetero) is 1. The molecule has 0 amide bonds. The molecule has 1 rings (SSSR count). The van der Waals surface area contributed by atoms with Crippen molar-refractivity contribution in [3.8, 4) is 0 Å². The molecule has 1 nitrogen and oxygen atoms in total. The molecule has 0 atom stereocenters. The number of hydrogen-bond donors (Lipinski definition) is 0. The maximum atomic E-state index is 11.3. The van der Waals surface area contributed by atoms with Gasteiger partial charge in [-0.2, -0.15) is 0 Å². The zero-order valence-corrected chi connectivity index (χ0v) is 12.5. The van der Waals surface area contributed by atoms with Gasteiger partial charge in [0.1, 0.15) is 0 Å². The van der Waals surface area contributed by atoms with Crippen molar-refractivity contribution in [3.63, 3.8) is 0 Å². The number of carbonyl (C=O) groups excluding carboxylic acids is 1. The van der Waals surface area contributed by atoms with Crippen LogP contribution in [0.15, 0.2) is 18.2 Å².